The predicted octanol–water partition coefficient (Wildman–Crippen LogP) is 3.67. The van der Waals surface area contributed by atoms with Crippen LogP contribution in [-0.2, 0) is 11.2 Å². The molecule has 1 N–H and O–H groups in total. The number of amides is 1. The monoisotopic (exact) mass is 305 g/mol. The molecule has 0 aliphatic carbocycles. The summed E-state index contributed by atoms with van der Waals surface area (Å²) in [7, 11) is 0. The van der Waals surface area contributed by atoms with Gasteiger partial charge in [-0.05, 0) is 54.8 Å². The van der Waals surface area contributed by atoms with Crippen LogP contribution in [0.15, 0.2) is 60.9 Å². The van der Waals surface area contributed by atoms with Gasteiger partial charge in [-0.15, -0.1) is 0 Å². The highest BCUT2D eigenvalue weighted by atomic mass is 16.1. The van der Waals surface area contributed by atoms with E-state index in [1.54, 1.807) is 10.9 Å². The highest BCUT2D eigenvalue weighted by Gasteiger charge is 2.07. The summed E-state index contributed by atoms with van der Waals surface area (Å²) in [5.74, 6) is -0.0409. The van der Waals surface area contributed by atoms with Gasteiger partial charge in [0.05, 0.1) is 18.3 Å². The van der Waals surface area contributed by atoms with Crippen molar-refractivity contribution in [1.29, 1.82) is 0 Å². The Morgan fingerprint density at radius 1 is 1.09 bits per heavy atom. The van der Waals surface area contributed by atoms with Crippen molar-refractivity contribution >= 4 is 11.6 Å². The number of aromatic nitrogens is 2. The maximum absolute atomic E-state index is 12.2. The van der Waals surface area contributed by atoms with Gasteiger partial charge in [0.2, 0.25) is 5.91 Å². The number of carbonyl (C=O) groups excluding carboxylic acids is 1. The summed E-state index contributed by atoms with van der Waals surface area (Å²) in [5.41, 5.74) is 5.07. The molecule has 4 nitrogen and oxygen atoms in total. The van der Waals surface area contributed by atoms with Crippen molar-refractivity contribution in [3.63, 3.8) is 0 Å². The molecule has 0 radical (unpaired) electrons. The molecule has 23 heavy (non-hydrogen) atoms. The molecule has 0 atom stereocenters. The molecule has 0 saturated carbocycles. The van der Waals surface area contributed by atoms with Crippen molar-refractivity contribution in [3.8, 4) is 5.69 Å². The Balaban J connectivity index is 1.66. The van der Waals surface area contributed by atoms with Crippen LogP contribution in [0.25, 0.3) is 5.69 Å². The molecule has 0 unspecified atom stereocenters. The molecular weight excluding hydrogens is 286 g/mol. The molecule has 0 saturated heterocycles. The second kappa shape index (κ2) is 6.48. The molecule has 1 amide bonds. The second-order valence-corrected chi connectivity index (χ2v) is 5.65. The van der Waals surface area contributed by atoms with E-state index in [9.17, 15) is 4.79 Å². The first kappa shape index (κ1) is 15.0. The standard InChI is InChI=1S/C19H19N3O/c1-14-8-9-17(10-15(14)2)21-19(23)11-16-12-20-22(13-16)18-6-4-3-5-7-18/h3-10,12-13H,11H2,1-2H3,(H,21,23). The molecule has 0 bridgehead atoms. The van der Waals surface area contributed by atoms with Crippen LogP contribution in [0.1, 0.15) is 16.7 Å². The molecule has 0 aliphatic heterocycles. The number of para-hydroxylation sites is 1. The smallest absolute Gasteiger partial charge is 0.228 e. The summed E-state index contributed by atoms with van der Waals surface area (Å²) < 4.78 is 1.78. The third-order valence-electron chi connectivity index (χ3n) is 3.81. The molecular formula is C19H19N3O. The first-order valence-electron chi connectivity index (χ1n) is 7.58. The van der Waals surface area contributed by atoms with Gasteiger partial charge in [-0.1, -0.05) is 24.3 Å². The Bertz CT molecular complexity index is 822. The summed E-state index contributed by atoms with van der Waals surface area (Å²) in [4.78, 5) is 12.2. The number of nitrogens with one attached hydrogen (secondary N) is 1. The van der Waals surface area contributed by atoms with Crippen LogP contribution in [0.4, 0.5) is 5.69 Å². The fraction of sp³-hybridized carbons (Fsp3) is 0.158. The van der Waals surface area contributed by atoms with Crippen molar-refractivity contribution in [1.82, 2.24) is 9.78 Å². The average molecular weight is 305 g/mol. The van der Waals surface area contributed by atoms with E-state index in [0.29, 0.717) is 6.42 Å². The Hall–Kier alpha value is -2.88. The second-order valence-electron chi connectivity index (χ2n) is 5.65. The van der Waals surface area contributed by atoms with E-state index in [1.807, 2.05) is 61.7 Å². The molecule has 3 aromatic rings. The van der Waals surface area contributed by atoms with Gasteiger partial charge < -0.3 is 5.32 Å². The number of aryl methyl sites for hydroxylation is 2. The number of carbonyl (C=O) groups is 1. The summed E-state index contributed by atoms with van der Waals surface area (Å²) in [5, 5.41) is 7.24. The minimum Gasteiger partial charge on any atom is -0.326 e. The van der Waals surface area contributed by atoms with Crippen molar-refractivity contribution in [2.75, 3.05) is 5.32 Å². The third-order valence-corrected chi connectivity index (χ3v) is 3.81. The SMILES string of the molecule is Cc1ccc(NC(=O)Cc2cnn(-c3ccccc3)c2)cc1C. The van der Waals surface area contributed by atoms with Gasteiger partial charge in [0.25, 0.3) is 0 Å². The van der Waals surface area contributed by atoms with E-state index in [-0.39, 0.29) is 5.91 Å². The maximum Gasteiger partial charge on any atom is 0.228 e. The lowest BCUT2D eigenvalue weighted by Crippen LogP contribution is -2.14. The minimum atomic E-state index is -0.0409. The molecule has 0 fully saturated rings. The van der Waals surface area contributed by atoms with E-state index < -0.39 is 0 Å². The van der Waals surface area contributed by atoms with E-state index in [4.69, 9.17) is 0 Å². The first-order chi connectivity index (χ1) is 11.1. The van der Waals surface area contributed by atoms with E-state index in [2.05, 4.69) is 17.3 Å². The summed E-state index contributed by atoms with van der Waals surface area (Å²) in [6.07, 6.45) is 3.92. The molecule has 2 aromatic carbocycles. The zero-order chi connectivity index (χ0) is 16.2. The van der Waals surface area contributed by atoms with E-state index >= 15 is 0 Å². The summed E-state index contributed by atoms with van der Waals surface area (Å²) in [6, 6.07) is 15.8. The van der Waals surface area contributed by atoms with Gasteiger partial charge in [-0.25, -0.2) is 4.68 Å². The Labute approximate surface area is 135 Å². The quantitative estimate of drug-likeness (QED) is 0.799. The molecule has 116 valence electrons. The molecule has 0 aliphatic rings. The lowest BCUT2D eigenvalue weighted by atomic mass is 10.1. The van der Waals surface area contributed by atoms with Crippen LogP contribution in [0.2, 0.25) is 0 Å². The minimum absolute atomic E-state index is 0.0409. The number of benzene rings is 2. The van der Waals surface area contributed by atoms with Crippen molar-refractivity contribution in [2.24, 2.45) is 0 Å². The zero-order valence-corrected chi connectivity index (χ0v) is 13.3. The zero-order valence-electron chi connectivity index (χ0n) is 13.3. The van der Waals surface area contributed by atoms with Gasteiger partial charge in [-0.3, -0.25) is 4.79 Å². The van der Waals surface area contributed by atoms with Crippen LogP contribution in [0.5, 0.6) is 0 Å². The number of hydrogen-bond donors (Lipinski definition) is 1. The lowest BCUT2D eigenvalue weighted by molar-refractivity contribution is -0.115. The first-order valence-corrected chi connectivity index (χ1v) is 7.58. The van der Waals surface area contributed by atoms with Crippen molar-refractivity contribution in [2.45, 2.75) is 20.3 Å². The van der Waals surface area contributed by atoms with Crippen LogP contribution >= 0.6 is 0 Å². The number of anilines is 1. The van der Waals surface area contributed by atoms with Crippen molar-refractivity contribution in [3.05, 3.63) is 77.6 Å². The van der Waals surface area contributed by atoms with Crippen LogP contribution in [-0.4, -0.2) is 15.7 Å². The Morgan fingerprint density at radius 3 is 2.61 bits per heavy atom. The van der Waals surface area contributed by atoms with Gasteiger partial charge in [0.15, 0.2) is 0 Å². The van der Waals surface area contributed by atoms with Gasteiger partial charge in [-0.2, -0.15) is 5.10 Å². The van der Waals surface area contributed by atoms with Crippen LogP contribution in [0, 0.1) is 13.8 Å². The molecule has 1 aromatic heterocycles. The van der Waals surface area contributed by atoms with E-state index in [0.717, 1.165) is 16.9 Å². The van der Waals surface area contributed by atoms with Crippen LogP contribution in [0.3, 0.4) is 0 Å². The molecule has 1 heterocycles. The molecule has 0 spiro atoms. The van der Waals surface area contributed by atoms with E-state index in [1.165, 1.54) is 11.1 Å². The Morgan fingerprint density at radius 2 is 1.87 bits per heavy atom. The number of nitrogens with zero attached hydrogens (tertiary/aromatic N) is 2. The Kier molecular flexibility index (Phi) is 4.24. The van der Waals surface area contributed by atoms with Gasteiger partial charge in [0.1, 0.15) is 0 Å². The topological polar surface area (TPSA) is 46.9 Å². The highest BCUT2D eigenvalue weighted by Crippen LogP contribution is 2.15. The number of hydrogen-bond acceptors (Lipinski definition) is 2. The predicted molar refractivity (Wildman–Crippen MR) is 91.8 cm³/mol. The summed E-state index contributed by atoms with van der Waals surface area (Å²) in [6.45, 7) is 4.09. The van der Waals surface area contributed by atoms with Crippen LogP contribution < -0.4 is 5.32 Å². The fourth-order valence-corrected chi connectivity index (χ4v) is 2.38. The normalized spacial score (nSPS) is 10.5. The molecule has 4 heteroatoms. The summed E-state index contributed by atoms with van der Waals surface area (Å²) >= 11 is 0. The van der Waals surface area contributed by atoms with Gasteiger partial charge in [0, 0.05) is 11.9 Å². The number of rotatable bonds is 4. The van der Waals surface area contributed by atoms with Crippen molar-refractivity contribution < 1.29 is 4.79 Å². The highest BCUT2D eigenvalue weighted by molar-refractivity contribution is 5.92. The maximum atomic E-state index is 12.2. The molecule has 3 rings (SSSR count). The fourth-order valence-electron chi connectivity index (χ4n) is 2.38. The largest absolute Gasteiger partial charge is 0.326 e. The third kappa shape index (κ3) is 3.66. The average Bonchev–Trinajstić information content (AvgIpc) is 3.00. The van der Waals surface area contributed by atoms with Gasteiger partial charge >= 0.3 is 0 Å². The lowest BCUT2D eigenvalue weighted by Gasteiger charge is -2.07.